The van der Waals surface area contributed by atoms with E-state index in [1.165, 1.54) is 11.8 Å². The molecule has 0 N–H and O–H groups in total. The molecule has 4 nitrogen and oxygen atoms in total. The lowest BCUT2D eigenvalue weighted by molar-refractivity contribution is 0.466. The van der Waals surface area contributed by atoms with Gasteiger partial charge < -0.3 is 4.42 Å². The van der Waals surface area contributed by atoms with Gasteiger partial charge in [0.05, 0.1) is 17.0 Å². The molecule has 6 heteroatoms. The summed E-state index contributed by atoms with van der Waals surface area (Å²) in [6.45, 7) is 5.60. The number of pyridine rings is 1. The number of aromatic nitrogens is 3. The van der Waals surface area contributed by atoms with Gasteiger partial charge in [0.15, 0.2) is 0 Å². The van der Waals surface area contributed by atoms with Gasteiger partial charge in [0.1, 0.15) is 0 Å². The minimum absolute atomic E-state index is 0.476. The molecule has 0 fully saturated rings. The Hall–Kier alpha value is -2.11. The molecule has 0 bridgehead atoms. The molecule has 0 atom stereocenters. The fourth-order valence-corrected chi connectivity index (χ4v) is 2.70. The van der Waals surface area contributed by atoms with Crippen LogP contribution in [0.25, 0.3) is 22.7 Å². The number of benzene rings is 1. The van der Waals surface area contributed by atoms with Crippen molar-refractivity contribution < 1.29 is 4.42 Å². The first-order chi connectivity index (χ1) is 11.2. The van der Waals surface area contributed by atoms with E-state index in [9.17, 15) is 0 Å². The van der Waals surface area contributed by atoms with Crippen LogP contribution in [0.3, 0.4) is 0 Å². The molecule has 0 aliphatic carbocycles. The highest BCUT2D eigenvalue weighted by Gasteiger charge is 2.13. The molecule has 0 saturated heterocycles. The van der Waals surface area contributed by atoms with E-state index >= 15 is 0 Å². The maximum absolute atomic E-state index is 5.92. The number of rotatable bonds is 5. The van der Waals surface area contributed by atoms with Crippen molar-refractivity contribution in [2.24, 2.45) is 0 Å². The van der Waals surface area contributed by atoms with E-state index in [0.29, 0.717) is 16.1 Å². The summed E-state index contributed by atoms with van der Waals surface area (Å²) in [6, 6.07) is 11.5. The Labute approximate surface area is 143 Å². The first kappa shape index (κ1) is 15.8. The summed E-state index contributed by atoms with van der Waals surface area (Å²) in [5.74, 6) is 1.21. The van der Waals surface area contributed by atoms with Crippen LogP contribution in [0.15, 0.2) is 58.7 Å². The molecule has 0 radical (unpaired) electrons. The maximum atomic E-state index is 5.92. The highest BCUT2D eigenvalue weighted by molar-refractivity contribution is 7.99. The predicted octanol–water partition coefficient (Wildman–Crippen LogP) is 5.04. The molecule has 23 heavy (non-hydrogen) atoms. The van der Waals surface area contributed by atoms with Gasteiger partial charge in [0.2, 0.25) is 0 Å². The second-order valence-electron chi connectivity index (χ2n) is 4.81. The average molecular weight is 344 g/mol. The quantitative estimate of drug-likeness (QED) is 0.480. The maximum Gasteiger partial charge on any atom is 0.277 e. The van der Waals surface area contributed by atoms with Crippen LogP contribution in [0, 0.1) is 6.92 Å². The first-order valence-electron chi connectivity index (χ1n) is 6.98. The van der Waals surface area contributed by atoms with Crippen LogP contribution in [-0.2, 0) is 0 Å². The Balaban J connectivity index is 1.88. The SMILES string of the molecule is C=CCSc1nnc(-c2ccc(-c3ccc(Cl)cc3)nc2C)o1. The van der Waals surface area contributed by atoms with Crippen molar-refractivity contribution in [3.63, 3.8) is 0 Å². The molecule has 3 rings (SSSR count). The Bertz CT molecular complexity index is 830. The molecule has 0 aliphatic heterocycles. The Morgan fingerprint density at radius 1 is 1.17 bits per heavy atom. The highest BCUT2D eigenvalue weighted by atomic mass is 35.5. The van der Waals surface area contributed by atoms with Crippen LogP contribution in [0.4, 0.5) is 0 Å². The van der Waals surface area contributed by atoms with Crippen molar-refractivity contribution in [3.05, 3.63) is 59.8 Å². The van der Waals surface area contributed by atoms with E-state index < -0.39 is 0 Å². The lowest BCUT2D eigenvalue weighted by Gasteiger charge is -2.05. The fourth-order valence-electron chi connectivity index (χ4n) is 2.08. The van der Waals surface area contributed by atoms with E-state index in [0.717, 1.165) is 28.3 Å². The predicted molar refractivity (Wildman–Crippen MR) is 93.6 cm³/mol. The summed E-state index contributed by atoms with van der Waals surface area (Å²) in [5.41, 5.74) is 3.56. The van der Waals surface area contributed by atoms with Crippen LogP contribution >= 0.6 is 23.4 Å². The Kier molecular flexibility index (Phi) is 4.79. The molecular weight excluding hydrogens is 330 g/mol. The van der Waals surface area contributed by atoms with Gasteiger partial charge in [0.25, 0.3) is 11.1 Å². The van der Waals surface area contributed by atoms with E-state index in [1.54, 1.807) is 6.08 Å². The summed E-state index contributed by atoms with van der Waals surface area (Å²) < 4.78 is 5.65. The van der Waals surface area contributed by atoms with Crippen molar-refractivity contribution in [1.29, 1.82) is 0 Å². The van der Waals surface area contributed by atoms with Crippen molar-refractivity contribution in [3.8, 4) is 22.7 Å². The molecule has 2 aromatic heterocycles. The molecule has 0 unspecified atom stereocenters. The van der Waals surface area contributed by atoms with Crippen LogP contribution in [0.5, 0.6) is 0 Å². The molecule has 116 valence electrons. The summed E-state index contributed by atoms with van der Waals surface area (Å²) in [6.07, 6.45) is 1.79. The number of aryl methyl sites for hydroxylation is 1. The van der Waals surface area contributed by atoms with Gasteiger partial charge in [-0.1, -0.05) is 41.6 Å². The molecule has 3 aromatic rings. The van der Waals surface area contributed by atoms with Gasteiger partial charge in [0, 0.05) is 16.3 Å². The molecule has 0 spiro atoms. The Morgan fingerprint density at radius 3 is 2.65 bits per heavy atom. The largest absolute Gasteiger partial charge is 0.411 e. The van der Waals surface area contributed by atoms with E-state index in [4.69, 9.17) is 16.0 Å². The van der Waals surface area contributed by atoms with Crippen LogP contribution < -0.4 is 0 Å². The normalized spacial score (nSPS) is 10.7. The second kappa shape index (κ2) is 6.98. The number of halogens is 1. The van der Waals surface area contributed by atoms with E-state index in [1.807, 2.05) is 43.3 Å². The lowest BCUT2D eigenvalue weighted by atomic mass is 10.1. The third-order valence-corrected chi connectivity index (χ3v) is 4.25. The number of thioether (sulfide) groups is 1. The van der Waals surface area contributed by atoms with Crippen molar-refractivity contribution in [2.45, 2.75) is 12.1 Å². The van der Waals surface area contributed by atoms with Crippen LogP contribution in [0.2, 0.25) is 5.02 Å². The zero-order valence-corrected chi connectivity index (χ0v) is 14.1. The van der Waals surface area contributed by atoms with Crippen molar-refractivity contribution in [2.75, 3.05) is 5.75 Å². The minimum Gasteiger partial charge on any atom is -0.411 e. The van der Waals surface area contributed by atoms with E-state index in [-0.39, 0.29) is 0 Å². The summed E-state index contributed by atoms with van der Waals surface area (Å²) >= 11 is 7.37. The molecule has 2 heterocycles. The van der Waals surface area contributed by atoms with Gasteiger partial charge in [-0.25, -0.2) is 0 Å². The zero-order valence-electron chi connectivity index (χ0n) is 12.5. The van der Waals surface area contributed by atoms with Crippen molar-refractivity contribution >= 4 is 23.4 Å². The minimum atomic E-state index is 0.476. The number of hydrogen-bond acceptors (Lipinski definition) is 5. The summed E-state index contributed by atoms with van der Waals surface area (Å²) in [7, 11) is 0. The van der Waals surface area contributed by atoms with Gasteiger partial charge in [-0.3, -0.25) is 4.98 Å². The topological polar surface area (TPSA) is 51.8 Å². The molecule has 0 amide bonds. The first-order valence-corrected chi connectivity index (χ1v) is 8.35. The molecular formula is C17H14ClN3OS. The molecule has 0 aliphatic rings. The summed E-state index contributed by atoms with van der Waals surface area (Å²) in [4.78, 5) is 4.63. The lowest BCUT2D eigenvalue weighted by Crippen LogP contribution is -1.91. The third-order valence-electron chi connectivity index (χ3n) is 3.19. The second-order valence-corrected chi connectivity index (χ2v) is 6.22. The third kappa shape index (κ3) is 3.63. The van der Waals surface area contributed by atoms with E-state index in [2.05, 4.69) is 21.8 Å². The Morgan fingerprint density at radius 2 is 1.96 bits per heavy atom. The summed E-state index contributed by atoms with van der Waals surface area (Å²) in [5, 5.41) is 9.34. The fraction of sp³-hybridized carbons (Fsp3) is 0.118. The highest BCUT2D eigenvalue weighted by Crippen LogP contribution is 2.27. The smallest absolute Gasteiger partial charge is 0.277 e. The number of nitrogens with zero attached hydrogens (tertiary/aromatic N) is 3. The van der Waals surface area contributed by atoms with Gasteiger partial charge >= 0.3 is 0 Å². The van der Waals surface area contributed by atoms with Gasteiger partial charge in [-0.05, 0) is 31.2 Å². The van der Waals surface area contributed by atoms with Gasteiger partial charge in [-0.15, -0.1) is 16.8 Å². The monoisotopic (exact) mass is 343 g/mol. The number of hydrogen-bond donors (Lipinski definition) is 0. The standard InChI is InChI=1S/C17H14ClN3OS/c1-3-10-23-17-21-20-16(22-17)14-8-9-15(19-11(14)2)12-4-6-13(18)7-5-12/h3-9H,1,10H2,2H3. The van der Waals surface area contributed by atoms with Crippen LogP contribution in [-0.4, -0.2) is 20.9 Å². The molecule has 1 aromatic carbocycles. The zero-order chi connectivity index (χ0) is 16.2. The molecule has 0 saturated carbocycles. The van der Waals surface area contributed by atoms with Crippen LogP contribution in [0.1, 0.15) is 5.69 Å². The van der Waals surface area contributed by atoms with Crippen molar-refractivity contribution in [1.82, 2.24) is 15.2 Å². The average Bonchev–Trinajstić information content (AvgIpc) is 3.02. The van der Waals surface area contributed by atoms with Gasteiger partial charge in [-0.2, -0.15) is 0 Å².